The van der Waals surface area contributed by atoms with Crippen molar-refractivity contribution in [1.29, 1.82) is 0 Å². The number of nitro groups is 1. The molecular weight excluding hydrogens is 140 g/mol. The Morgan fingerprint density at radius 2 is 2.22 bits per heavy atom. The van der Waals surface area contributed by atoms with E-state index in [1.54, 1.807) is 13.2 Å². The van der Waals surface area contributed by atoms with Gasteiger partial charge in [-0.25, -0.2) is 0 Å². The summed E-state index contributed by atoms with van der Waals surface area (Å²) < 4.78 is 0. The Labute approximate surface area is 57.3 Å². The van der Waals surface area contributed by atoms with Crippen LogP contribution in [0.3, 0.4) is 0 Å². The van der Waals surface area contributed by atoms with Crippen LogP contribution in [0, 0.1) is 10.1 Å². The fraction of sp³-hybridized carbons (Fsp3) is 0.500. The number of nitrogens with zero attached hydrogens (tertiary/aromatic N) is 1. The molecule has 0 aliphatic carbocycles. The molecule has 0 unspecified atom stereocenters. The molecule has 2 N–H and O–H groups in total. The van der Waals surface area contributed by atoms with Crippen LogP contribution in [0.15, 0.2) is 10.7 Å². The smallest absolute Gasteiger partial charge is 0.323 e. The van der Waals surface area contributed by atoms with Gasteiger partial charge in [0.2, 0.25) is 0 Å². The normalized spacial score (nSPS) is 12.7. The second-order valence-electron chi connectivity index (χ2n) is 1.40. The van der Waals surface area contributed by atoms with Gasteiger partial charge in [0.25, 0.3) is 0 Å². The van der Waals surface area contributed by atoms with Crippen LogP contribution in [0.1, 0.15) is 6.92 Å². The molecule has 0 aliphatic heterocycles. The molecule has 9 heavy (non-hydrogen) atoms. The molecule has 0 atom stereocenters. The van der Waals surface area contributed by atoms with E-state index < -0.39 is 4.92 Å². The number of allylic oxidation sites excluding steroid dienone is 1. The zero-order valence-corrected chi connectivity index (χ0v) is 6.07. The van der Waals surface area contributed by atoms with E-state index in [0.29, 0.717) is 4.91 Å². The summed E-state index contributed by atoms with van der Waals surface area (Å²) in [6.45, 7) is 1.61. The summed E-state index contributed by atoms with van der Waals surface area (Å²) in [6.07, 6.45) is 1.74. The van der Waals surface area contributed by atoms with Gasteiger partial charge in [-0.05, 0) is 18.1 Å². The third-order valence-corrected chi connectivity index (χ3v) is 1.69. The SMILES string of the molecule is CSC(C)=C(N)[N+](=O)[O-]. The Morgan fingerprint density at radius 3 is 2.33 bits per heavy atom. The van der Waals surface area contributed by atoms with E-state index in [2.05, 4.69) is 0 Å². The van der Waals surface area contributed by atoms with Crippen molar-refractivity contribution < 1.29 is 4.92 Å². The quantitative estimate of drug-likeness (QED) is 0.464. The molecule has 0 aromatic carbocycles. The van der Waals surface area contributed by atoms with Crippen LogP contribution in [-0.2, 0) is 0 Å². The number of rotatable bonds is 2. The highest BCUT2D eigenvalue weighted by molar-refractivity contribution is 8.02. The number of nitrogens with two attached hydrogens (primary N) is 1. The highest BCUT2D eigenvalue weighted by Crippen LogP contribution is 2.11. The fourth-order valence-corrected chi connectivity index (χ4v) is 0.517. The minimum absolute atomic E-state index is 0.262. The summed E-state index contributed by atoms with van der Waals surface area (Å²) in [5.41, 5.74) is 5.03. The Bertz CT molecular complexity index is 155. The Kier molecular flexibility index (Phi) is 3.08. The second-order valence-corrected chi connectivity index (χ2v) is 2.42. The van der Waals surface area contributed by atoms with E-state index in [1.165, 1.54) is 11.8 Å². The van der Waals surface area contributed by atoms with Crippen LogP contribution in [0.25, 0.3) is 0 Å². The molecule has 0 aromatic rings. The maximum Gasteiger partial charge on any atom is 0.323 e. The van der Waals surface area contributed by atoms with E-state index in [-0.39, 0.29) is 5.82 Å². The summed E-state index contributed by atoms with van der Waals surface area (Å²) >= 11 is 1.27. The minimum Gasteiger partial charge on any atom is -0.358 e. The molecule has 0 fully saturated rings. The first-order valence-electron chi connectivity index (χ1n) is 2.24. The standard InChI is InChI=1S/C4H8N2O2S/c1-3(9-2)4(5)6(7)8/h5H2,1-2H3. The molecule has 0 aliphatic rings. The molecule has 4 nitrogen and oxygen atoms in total. The minimum atomic E-state index is -0.591. The number of hydrogen-bond acceptors (Lipinski definition) is 4. The van der Waals surface area contributed by atoms with Crippen LogP contribution in [-0.4, -0.2) is 11.2 Å². The lowest BCUT2D eigenvalue weighted by Crippen LogP contribution is -2.09. The van der Waals surface area contributed by atoms with Crippen molar-refractivity contribution >= 4 is 11.8 Å². The zero-order chi connectivity index (χ0) is 7.44. The molecule has 0 saturated heterocycles. The van der Waals surface area contributed by atoms with Crippen molar-refractivity contribution in [3.05, 3.63) is 20.8 Å². The fourth-order valence-electron chi connectivity index (χ4n) is 0.233. The van der Waals surface area contributed by atoms with Gasteiger partial charge < -0.3 is 10.1 Å². The third kappa shape index (κ3) is 2.36. The van der Waals surface area contributed by atoms with Gasteiger partial charge in [-0.2, -0.15) is 0 Å². The molecule has 5 heteroatoms. The van der Waals surface area contributed by atoms with Gasteiger partial charge in [-0.15, -0.1) is 11.8 Å². The second kappa shape index (κ2) is 3.34. The van der Waals surface area contributed by atoms with Crippen molar-refractivity contribution in [2.24, 2.45) is 5.73 Å². The van der Waals surface area contributed by atoms with Crippen molar-refractivity contribution in [1.82, 2.24) is 0 Å². The van der Waals surface area contributed by atoms with Crippen LogP contribution >= 0.6 is 11.8 Å². The maximum atomic E-state index is 9.91. The first-order valence-corrected chi connectivity index (χ1v) is 3.46. The lowest BCUT2D eigenvalue weighted by atomic mass is 10.6. The first-order chi connectivity index (χ1) is 4.09. The van der Waals surface area contributed by atoms with Gasteiger partial charge in [-0.1, -0.05) is 0 Å². The highest BCUT2D eigenvalue weighted by Gasteiger charge is 2.03. The Balaban J connectivity index is 4.28. The molecule has 0 bridgehead atoms. The van der Waals surface area contributed by atoms with Crippen molar-refractivity contribution in [3.8, 4) is 0 Å². The van der Waals surface area contributed by atoms with Crippen molar-refractivity contribution in [2.45, 2.75) is 6.92 Å². The first kappa shape index (κ1) is 8.29. The van der Waals surface area contributed by atoms with Gasteiger partial charge in [-0.3, -0.25) is 5.73 Å². The third-order valence-electron chi connectivity index (χ3n) is 0.864. The van der Waals surface area contributed by atoms with Crippen LogP contribution in [0.4, 0.5) is 0 Å². The van der Waals surface area contributed by atoms with Gasteiger partial charge in [0.15, 0.2) is 0 Å². The van der Waals surface area contributed by atoms with E-state index in [9.17, 15) is 10.1 Å². The lowest BCUT2D eigenvalue weighted by Gasteiger charge is -1.95. The van der Waals surface area contributed by atoms with Crippen molar-refractivity contribution in [2.75, 3.05) is 6.26 Å². The summed E-state index contributed by atoms with van der Waals surface area (Å²) in [5, 5.41) is 9.91. The maximum absolute atomic E-state index is 9.91. The molecule has 0 spiro atoms. The molecule has 52 valence electrons. The molecule has 0 heterocycles. The highest BCUT2D eigenvalue weighted by atomic mass is 32.2. The van der Waals surface area contributed by atoms with Gasteiger partial charge in [0.1, 0.15) is 0 Å². The van der Waals surface area contributed by atoms with E-state index in [1.807, 2.05) is 0 Å². The van der Waals surface area contributed by atoms with Crippen LogP contribution in [0.5, 0.6) is 0 Å². The van der Waals surface area contributed by atoms with Crippen LogP contribution < -0.4 is 5.73 Å². The van der Waals surface area contributed by atoms with Gasteiger partial charge >= 0.3 is 5.82 Å². The average Bonchev–Trinajstić information content (AvgIpc) is 1.84. The number of hydrogen-bond donors (Lipinski definition) is 1. The molecule has 0 amide bonds. The predicted octanol–water partition coefficient (Wildman–Crippen LogP) is 0.774. The molecule has 0 rings (SSSR count). The number of thioether (sulfide) groups is 1. The summed E-state index contributed by atoms with van der Waals surface area (Å²) in [5.74, 6) is -0.262. The monoisotopic (exact) mass is 148 g/mol. The van der Waals surface area contributed by atoms with E-state index in [0.717, 1.165) is 0 Å². The Hall–Kier alpha value is -0.710. The topological polar surface area (TPSA) is 69.2 Å². The largest absolute Gasteiger partial charge is 0.358 e. The van der Waals surface area contributed by atoms with E-state index in [4.69, 9.17) is 5.73 Å². The summed E-state index contributed by atoms with van der Waals surface area (Å²) in [6, 6.07) is 0. The van der Waals surface area contributed by atoms with Gasteiger partial charge in [0, 0.05) is 0 Å². The van der Waals surface area contributed by atoms with Crippen LogP contribution in [0.2, 0.25) is 0 Å². The predicted molar refractivity (Wildman–Crippen MR) is 37.4 cm³/mol. The molecule has 0 radical (unpaired) electrons. The lowest BCUT2D eigenvalue weighted by molar-refractivity contribution is -0.427. The summed E-state index contributed by atoms with van der Waals surface area (Å²) in [7, 11) is 0. The van der Waals surface area contributed by atoms with E-state index >= 15 is 0 Å². The molecular formula is C4H8N2O2S. The van der Waals surface area contributed by atoms with Crippen molar-refractivity contribution in [3.63, 3.8) is 0 Å². The summed E-state index contributed by atoms with van der Waals surface area (Å²) in [4.78, 5) is 9.86. The Morgan fingerprint density at radius 1 is 1.78 bits per heavy atom. The average molecular weight is 148 g/mol. The van der Waals surface area contributed by atoms with Gasteiger partial charge in [0.05, 0.1) is 4.91 Å². The zero-order valence-electron chi connectivity index (χ0n) is 5.25. The molecule has 0 saturated carbocycles. The molecule has 0 aromatic heterocycles.